The van der Waals surface area contributed by atoms with Gasteiger partial charge in [0.25, 0.3) is 0 Å². The molecule has 6 N–H and O–H groups in total. The molecular weight excluding hydrogens is 1130 g/mol. The summed E-state index contributed by atoms with van der Waals surface area (Å²) in [5.41, 5.74) is 7.62. The lowest BCUT2D eigenvalue weighted by Crippen LogP contribution is -3.00. The van der Waals surface area contributed by atoms with Gasteiger partial charge in [-0.1, -0.05) is 70.9 Å². The van der Waals surface area contributed by atoms with Gasteiger partial charge in [0.1, 0.15) is 18.4 Å². The summed E-state index contributed by atoms with van der Waals surface area (Å²) >= 11 is 0. The highest BCUT2D eigenvalue weighted by atomic mass is 35.5. The van der Waals surface area contributed by atoms with Crippen molar-refractivity contribution < 1.29 is 50.9 Å². The number of pyridine rings is 2. The Morgan fingerprint density at radius 3 is 1.37 bits per heavy atom. The van der Waals surface area contributed by atoms with Crippen LogP contribution < -0.4 is 83.4 Å². The summed E-state index contributed by atoms with van der Waals surface area (Å²) in [4.78, 5) is 0. The van der Waals surface area contributed by atoms with Gasteiger partial charge < -0.3 is 68.9 Å². The SMILES string of the molecule is Cl.Cl.Cn1cc[n+](C)c1N=Nc1ccc(NCCNc2ccc(N=Nc3cc[n+](C)cc3)c3ccccc23)cc1.Cn1cc[n+](C)c1N=Nc1ccc(NCCNc2cccc3ccccc23)cc1.Cn1ccc(=NN)cc1.[Cl-].[Cl-].[Cl-]. The lowest BCUT2D eigenvalue weighted by Gasteiger charge is -2.12. The van der Waals surface area contributed by atoms with Gasteiger partial charge in [-0.05, 0) is 84.2 Å². The number of aromatic nitrogens is 6. The maximum Gasteiger partial charge on any atom is 0.421 e. The zero-order valence-corrected chi connectivity index (χ0v) is 49.6. The van der Waals surface area contributed by atoms with Crippen LogP contribution in [0, 0.1) is 0 Å². The van der Waals surface area contributed by atoms with Crippen LogP contribution in [0.5, 0.6) is 0 Å². The normalized spacial score (nSPS) is 10.4. The Balaban J connectivity index is 0.000000356. The Bertz CT molecular complexity index is 3590. The minimum absolute atomic E-state index is 0. The molecule has 0 atom stereocenters. The molecule has 0 spiro atoms. The molecule has 0 bridgehead atoms. The van der Waals surface area contributed by atoms with E-state index in [-0.39, 0.29) is 62.0 Å². The number of hydrogen-bond acceptors (Lipinski definition) is 12. The minimum atomic E-state index is 0. The Morgan fingerprint density at radius 1 is 0.420 bits per heavy atom. The molecule has 4 aromatic heterocycles. The van der Waals surface area contributed by atoms with E-state index < -0.39 is 0 Å². The van der Waals surface area contributed by atoms with Gasteiger partial charge in [-0.3, -0.25) is 0 Å². The molecule has 4 heterocycles. The van der Waals surface area contributed by atoms with Crippen molar-refractivity contribution in [2.75, 3.05) is 47.4 Å². The van der Waals surface area contributed by atoms with E-state index in [2.05, 4.69) is 118 Å². The Hall–Kier alpha value is -8.39. The molecule has 0 aliphatic heterocycles. The van der Waals surface area contributed by atoms with Crippen molar-refractivity contribution in [1.82, 2.24) is 13.7 Å². The zero-order valence-electron chi connectivity index (χ0n) is 45.7. The monoisotopic (exact) mass is 1190 g/mol. The van der Waals surface area contributed by atoms with E-state index in [0.717, 1.165) is 99.7 Å². The number of azo groups is 3. The number of nitrogens with two attached hydrogens (primary N) is 1. The van der Waals surface area contributed by atoms with E-state index in [1.807, 2.05) is 210 Å². The van der Waals surface area contributed by atoms with Crippen molar-refractivity contribution >= 4 is 104 Å². The van der Waals surface area contributed by atoms with E-state index in [0.29, 0.717) is 0 Å². The summed E-state index contributed by atoms with van der Waals surface area (Å²) in [5.74, 6) is 6.60. The smallest absolute Gasteiger partial charge is 0.421 e. The van der Waals surface area contributed by atoms with Crippen LogP contribution in [-0.2, 0) is 42.3 Å². The average molecular weight is 1190 g/mol. The number of nitrogens with zero attached hydrogens (tertiary/aromatic N) is 13. The predicted octanol–water partition coefficient (Wildman–Crippen LogP) is 2.78. The highest BCUT2D eigenvalue weighted by Crippen LogP contribution is 2.33. The van der Waals surface area contributed by atoms with Crippen LogP contribution in [0.25, 0.3) is 21.5 Å². The number of imidazole rings is 2. The summed E-state index contributed by atoms with van der Waals surface area (Å²) < 4.78 is 11.6. The number of aryl methyl sites for hydroxylation is 6. The fourth-order valence-corrected chi connectivity index (χ4v) is 7.91. The number of nitrogens with one attached hydrogen (secondary N) is 4. The molecule has 0 fully saturated rings. The van der Waals surface area contributed by atoms with E-state index in [9.17, 15) is 0 Å². The molecule has 23 heteroatoms. The maximum atomic E-state index is 5.02. The van der Waals surface area contributed by atoms with E-state index in [1.54, 1.807) is 0 Å². The second kappa shape index (κ2) is 33.9. The summed E-state index contributed by atoms with van der Waals surface area (Å²) in [5, 5.41) is 49.2. The van der Waals surface area contributed by atoms with Gasteiger partial charge in [0.05, 0.1) is 69.7 Å². The first-order valence-corrected chi connectivity index (χ1v) is 24.8. The van der Waals surface area contributed by atoms with E-state index in [4.69, 9.17) is 5.84 Å². The first-order valence-electron chi connectivity index (χ1n) is 24.8. The van der Waals surface area contributed by atoms with Crippen LogP contribution in [0.3, 0.4) is 0 Å². The first-order chi connectivity index (χ1) is 37.1. The molecule has 0 unspecified atom stereocenters. The molecule has 0 saturated carbocycles. The Kier molecular flexibility index (Phi) is 28.0. The highest BCUT2D eigenvalue weighted by molar-refractivity contribution is 6.01. The Labute approximate surface area is 503 Å². The van der Waals surface area contributed by atoms with Crippen molar-refractivity contribution in [2.24, 2.45) is 83.9 Å². The van der Waals surface area contributed by atoms with E-state index in [1.165, 1.54) is 10.8 Å². The largest absolute Gasteiger partial charge is 1.00 e. The van der Waals surface area contributed by atoms with Gasteiger partial charge in [0.15, 0.2) is 12.4 Å². The number of hydrogen-bond donors (Lipinski definition) is 5. The molecule has 0 saturated heterocycles. The second-order valence-electron chi connectivity index (χ2n) is 17.8. The maximum absolute atomic E-state index is 5.02. The molecule has 6 aromatic carbocycles. The molecule has 10 rings (SSSR count). The molecule has 0 amide bonds. The standard InChI is InChI=1S/C29H29N9.C23H24N6.C6H9N3.5ClH/c1-36-18-14-24(15-19-36)32-34-28-13-12-27(25-6-4-5-7-26(25)28)31-17-16-30-22-8-10-23(11-9-22)33-35-29-37(2)20-21-38(29)3;1-28-16-17-29(2)23(28)27-26-20-12-10-19(11-13-20)24-14-15-25-22-9-5-7-18-6-3-4-8-21(18)22;1-9-4-2-6(8-7)3-5-9;;;;;/h4-15,18-21H,16-17H2,1-3H3;3-13,16-17,25H,14-15H2,1-2H3;2-5H,7H2,1H3;5*1H. The van der Waals surface area contributed by atoms with Crippen LogP contribution in [-0.4, -0.2) is 39.9 Å². The summed E-state index contributed by atoms with van der Waals surface area (Å²) in [6.07, 6.45) is 15.5. The van der Waals surface area contributed by atoms with Crippen LogP contribution in [0.2, 0.25) is 0 Å². The first kappa shape index (κ1) is 66.9. The summed E-state index contributed by atoms with van der Waals surface area (Å²) in [7, 11) is 11.7. The van der Waals surface area contributed by atoms with Crippen molar-refractivity contribution in [3.05, 3.63) is 207 Å². The molecule has 81 heavy (non-hydrogen) atoms. The van der Waals surface area contributed by atoms with Gasteiger partial charge in [-0.15, -0.1) is 29.9 Å². The molecule has 18 nitrogen and oxygen atoms in total. The number of anilines is 4. The van der Waals surface area contributed by atoms with E-state index >= 15 is 0 Å². The van der Waals surface area contributed by atoms with Crippen LogP contribution >= 0.6 is 24.8 Å². The number of rotatable bonds is 16. The minimum Gasteiger partial charge on any atom is -1.00 e. The quantitative estimate of drug-likeness (QED) is 0.0327. The number of halogens is 5. The van der Waals surface area contributed by atoms with Crippen molar-refractivity contribution in [1.29, 1.82) is 0 Å². The van der Waals surface area contributed by atoms with Gasteiger partial charge in [-0.2, -0.15) is 10.2 Å². The highest BCUT2D eigenvalue weighted by Gasteiger charge is 2.12. The second-order valence-corrected chi connectivity index (χ2v) is 17.8. The van der Waals surface area contributed by atoms with Crippen molar-refractivity contribution in [3.63, 3.8) is 0 Å². The van der Waals surface area contributed by atoms with Crippen LogP contribution in [0.4, 0.5) is 57.4 Å². The zero-order chi connectivity index (χ0) is 53.1. The van der Waals surface area contributed by atoms with Gasteiger partial charge in [0, 0.05) is 107 Å². The third-order valence-corrected chi connectivity index (χ3v) is 12.1. The average Bonchev–Trinajstić information content (AvgIpc) is 3.97. The van der Waals surface area contributed by atoms with Crippen molar-refractivity contribution in [3.8, 4) is 0 Å². The molecule has 0 aliphatic rings. The predicted molar refractivity (Wildman–Crippen MR) is 318 cm³/mol. The van der Waals surface area contributed by atoms with Crippen LogP contribution in [0.15, 0.2) is 237 Å². The third-order valence-electron chi connectivity index (χ3n) is 12.1. The lowest BCUT2D eigenvalue weighted by atomic mass is 10.1. The lowest BCUT2D eigenvalue weighted by molar-refractivity contribution is -0.671. The van der Waals surface area contributed by atoms with Gasteiger partial charge in [-0.25, -0.2) is 22.8 Å². The van der Waals surface area contributed by atoms with Crippen LogP contribution in [0.1, 0.15) is 0 Å². The Morgan fingerprint density at radius 2 is 0.864 bits per heavy atom. The topological polar surface area (TPSA) is 187 Å². The summed E-state index contributed by atoms with van der Waals surface area (Å²) in [6, 6.07) is 50.6. The number of fused-ring (bicyclic) bond motifs is 2. The molecule has 0 radical (unpaired) electrons. The van der Waals surface area contributed by atoms with Gasteiger partial charge in [0.2, 0.25) is 0 Å². The third kappa shape index (κ3) is 19.4. The number of benzene rings is 6. The van der Waals surface area contributed by atoms with Crippen molar-refractivity contribution in [2.45, 2.75) is 0 Å². The fourth-order valence-electron chi connectivity index (χ4n) is 7.91. The fraction of sp³-hybridized carbons (Fsp3) is 0.172. The molecular formula is C58H67Cl5N18. The molecule has 10 aromatic rings. The molecule has 424 valence electrons. The summed E-state index contributed by atoms with van der Waals surface area (Å²) in [6.45, 7) is 3.18. The van der Waals surface area contributed by atoms with Gasteiger partial charge >= 0.3 is 11.9 Å². The molecule has 0 aliphatic carbocycles.